The molecule has 4 heterocycles. The topological polar surface area (TPSA) is 137 Å². The monoisotopic (exact) mass is 554 g/mol. The number of hydrogen-bond donors (Lipinski definition) is 2. The summed E-state index contributed by atoms with van der Waals surface area (Å²) in [6, 6.07) is 14.6. The van der Waals surface area contributed by atoms with E-state index in [-0.39, 0.29) is 17.3 Å². The lowest BCUT2D eigenvalue weighted by Crippen LogP contribution is -2.19. The molecule has 0 fully saturated rings. The first-order chi connectivity index (χ1) is 19.2. The quantitative estimate of drug-likeness (QED) is 0.303. The van der Waals surface area contributed by atoms with Crippen LogP contribution in [0.15, 0.2) is 64.0 Å². The zero-order chi connectivity index (χ0) is 28.1. The van der Waals surface area contributed by atoms with Crippen LogP contribution < -0.4 is 10.9 Å². The van der Waals surface area contributed by atoms with Gasteiger partial charge in [0.15, 0.2) is 5.65 Å². The van der Waals surface area contributed by atoms with Gasteiger partial charge in [0, 0.05) is 11.6 Å². The fraction of sp³-hybridized carbons (Fsp3) is 0.143. The van der Waals surface area contributed by atoms with Crippen molar-refractivity contribution in [2.45, 2.75) is 27.7 Å². The van der Waals surface area contributed by atoms with E-state index in [1.807, 2.05) is 32.0 Å². The number of aromatic amines is 1. The molecule has 6 aromatic rings. The number of benzene rings is 2. The second-order valence-electron chi connectivity index (χ2n) is 9.38. The Labute approximate surface area is 232 Å². The molecule has 0 saturated carbocycles. The molecular formula is C28H23ClN8O3. The van der Waals surface area contributed by atoms with E-state index in [4.69, 9.17) is 21.1 Å². The number of rotatable bonds is 5. The summed E-state index contributed by atoms with van der Waals surface area (Å²) >= 11 is 6.37. The Hall–Kier alpha value is -5.03. The number of anilines is 1. The highest BCUT2D eigenvalue weighted by molar-refractivity contribution is 6.33. The summed E-state index contributed by atoms with van der Waals surface area (Å²) in [4.78, 5) is 34.1. The average Bonchev–Trinajstić information content (AvgIpc) is 3.62. The van der Waals surface area contributed by atoms with Crippen molar-refractivity contribution in [3.63, 3.8) is 0 Å². The van der Waals surface area contributed by atoms with Gasteiger partial charge in [-0.05, 0) is 51.0 Å². The van der Waals surface area contributed by atoms with Gasteiger partial charge < -0.3 is 9.84 Å². The molecule has 11 nitrogen and oxygen atoms in total. The van der Waals surface area contributed by atoms with Crippen LogP contribution in [0.3, 0.4) is 0 Å². The van der Waals surface area contributed by atoms with Crippen LogP contribution in [0.5, 0.6) is 0 Å². The lowest BCUT2D eigenvalue weighted by atomic mass is 10.1. The smallest absolute Gasteiger partial charge is 0.263 e. The van der Waals surface area contributed by atoms with Crippen molar-refractivity contribution in [3.05, 3.63) is 98.2 Å². The Morgan fingerprint density at radius 1 is 1.05 bits per heavy atom. The van der Waals surface area contributed by atoms with E-state index in [1.165, 1.54) is 10.9 Å². The first-order valence-electron chi connectivity index (χ1n) is 12.4. The van der Waals surface area contributed by atoms with Crippen molar-refractivity contribution in [1.82, 2.24) is 34.7 Å². The van der Waals surface area contributed by atoms with Crippen LogP contribution >= 0.6 is 11.6 Å². The summed E-state index contributed by atoms with van der Waals surface area (Å²) < 4.78 is 8.34. The average molecular weight is 555 g/mol. The van der Waals surface area contributed by atoms with Gasteiger partial charge >= 0.3 is 0 Å². The molecule has 0 unspecified atom stereocenters. The number of nitrogens with one attached hydrogen (secondary N) is 2. The van der Waals surface area contributed by atoms with Gasteiger partial charge in [-0.2, -0.15) is 19.9 Å². The largest absolute Gasteiger partial charge is 0.360 e. The van der Waals surface area contributed by atoms with Crippen molar-refractivity contribution >= 4 is 34.4 Å². The van der Waals surface area contributed by atoms with E-state index in [0.717, 1.165) is 16.8 Å². The highest BCUT2D eigenvalue weighted by Gasteiger charge is 2.25. The molecule has 0 saturated heterocycles. The standard InChI is InChI=1S/C28H23ClN8O3/c1-14-8-7-11-21(16(14)3)36-25-19(13-30-36)26(38)33-28(32-25)37-22(12-15(2)34-37)31-27(39)23-17(4)40-35-24(23)18-9-5-6-10-20(18)29/h5-13H,1-4H3,(H,31,39)(H,32,33,38). The second-order valence-corrected chi connectivity index (χ2v) is 9.79. The van der Waals surface area contributed by atoms with Gasteiger partial charge in [0.1, 0.15) is 28.2 Å². The molecule has 0 aliphatic carbocycles. The van der Waals surface area contributed by atoms with Crippen molar-refractivity contribution in [2.24, 2.45) is 0 Å². The molecule has 2 aromatic carbocycles. The lowest BCUT2D eigenvalue weighted by Gasteiger charge is -2.11. The number of amides is 1. The Balaban J connectivity index is 1.43. The number of fused-ring (bicyclic) bond motifs is 1. The van der Waals surface area contributed by atoms with Crippen LogP contribution in [-0.2, 0) is 0 Å². The summed E-state index contributed by atoms with van der Waals surface area (Å²) in [5.41, 5.74) is 4.56. The number of carbonyl (C=O) groups is 1. The van der Waals surface area contributed by atoms with Crippen LogP contribution in [0.1, 0.15) is 32.9 Å². The van der Waals surface area contributed by atoms with E-state index < -0.39 is 11.5 Å². The van der Waals surface area contributed by atoms with E-state index >= 15 is 0 Å². The minimum Gasteiger partial charge on any atom is -0.360 e. The number of halogens is 1. The lowest BCUT2D eigenvalue weighted by molar-refractivity contribution is 0.102. The predicted molar refractivity (Wildman–Crippen MR) is 150 cm³/mol. The molecule has 0 aliphatic rings. The van der Waals surface area contributed by atoms with E-state index in [1.54, 1.807) is 48.9 Å². The molecule has 2 N–H and O–H groups in total. The van der Waals surface area contributed by atoms with Gasteiger partial charge in [0.2, 0.25) is 5.95 Å². The maximum absolute atomic E-state index is 13.5. The maximum atomic E-state index is 13.5. The fourth-order valence-electron chi connectivity index (χ4n) is 4.55. The molecular weight excluding hydrogens is 532 g/mol. The summed E-state index contributed by atoms with van der Waals surface area (Å²) in [6.07, 6.45) is 1.48. The third-order valence-electron chi connectivity index (χ3n) is 6.72. The Morgan fingerprint density at radius 3 is 2.65 bits per heavy atom. The number of aromatic nitrogens is 7. The summed E-state index contributed by atoms with van der Waals surface area (Å²) in [6.45, 7) is 7.40. The minimum atomic E-state index is -0.487. The first kappa shape index (κ1) is 25.3. The van der Waals surface area contributed by atoms with Crippen molar-refractivity contribution in [3.8, 4) is 22.9 Å². The molecule has 0 aliphatic heterocycles. The molecule has 0 atom stereocenters. The van der Waals surface area contributed by atoms with E-state index in [2.05, 4.69) is 25.7 Å². The number of H-pyrrole nitrogens is 1. The van der Waals surface area contributed by atoms with E-state index in [9.17, 15) is 9.59 Å². The molecule has 12 heteroatoms. The summed E-state index contributed by atoms with van der Waals surface area (Å²) in [7, 11) is 0. The molecule has 1 amide bonds. The highest BCUT2D eigenvalue weighted by atomic mass is 35.5. The molecule has 0 bridgehead atoms. The molecule has 40 heavy (non-hydrogen) atoms. The van der Waals surface area contributed by atoms with Gasteiger partial charge in [0.25, 0.3) is 11.5 Å². The van der Waals surface area contributed by atoms with Crippen LogP contribution in [0, 0.1) is 27.7 Å². The maximum Gasteiger partial charge on any atom is 0.263 e. The Morgan fingerprint density at radius 2 is 1.85 bits per heavy atom. The Kier molecular flexibility index (Phi) is 6.07. The van der Waals surface area contributed by atoms with Gasteiger partial charge in [-0.3, -0.25) is 14.6 Å². The van der Waals surface area contributed by atoms with E-state index in [0.29, 0.717) is 38.8 Å². The molecule has 4 aromatic heterocycles. The number of aryl methyl sites for hydroxylation is 3. The van der Waals surface area contributed by atoms with Gasteiger partial charge in [-0.1, -0.05) is 47.1 Å². The van der Waals surface area contributed by atoms with Crippen LogP contribution in [0.4, 0.5) is 5.82 Å². The SMILES string of the molecule is Cc1cc(NC(=O)c2c(-c3ccccc3Cl)noc2C)n(-c2nc3c(cnn3-c3cccc(C)c3C)c(=O)[nH]2)n1. The van der Waals surface area contributed by atoms with Crippen molar-refractivity contribution in [1.29, 1.82) is 0 Å². The van der Waals surface area contributed by atoms with Crippen LogP contribution in [0.25, 0.3) is 33.9 Å². The normalized spacial score (nSPS) is 11.3. The molecule has 0 spiro atoms. The fourth-order valence-corrected chi connectivity index (χ4v) is 4.78. The van der Waals surface area contributed by atoms with Crippen molar-refractivity contribution < 1.29 is 9.32 Å². The molecule has 200 valence electrons. The van der Waals surface area contributed by atoms with Gasteiger partial charge in [-0.25, -0.2) is 4.68 Å². The number of hydrogen-bond acceptors (Lipinski definition) is 7. The predicted octanol–water partition coefficient (Wildman–Crippen LogP) is 5.09. The third-order valence-corrected chi connectivity index (χ3v) is 7.05. The molecule has 0 radical (unpaired) electrons. The van der Waals surface area contributed by atoms with Crippen molar-refractivity contribution in [2.75, 3.05) is 5.32 Å². The van der Waals surface area contributed by atoms with Gasteiger partial charge in [-0.15, -0.1) is 0 Å². The third kappa shape index (κ3) is 4.16. The number of nitrogens with zero attached hydrogens (tertiary/aromatic N) is 6. The number of carbonyl (C=O) groups excluding carboxylic acids is 1. The molecule has 6 rings (SSSR count). The second kappa shape index (κ2) is 9.62. The first-order valence-corrected chi connectivity index (χ1v) is 12.7. The highest BCUT2D eigenvalue weighted by Crippen LogP contribution is 2.31. The summed E-state index contributed by atoms with van der Waals surface area (Å²) in [5.74, 6) is 0.231. The zero-order valence-corrected chi connectivity index (χ0v) is 22.7. The Bertz CT molecular complexity index is 2000. The van der Waals surface area contributed by atoms with Crippen LogP contribution in [0.2, 0.25) is 5.02 Å². The van der Waals surface area contributed by atoms with Crippen LogP contribution in [-0.4, -0.2) is 40.6 Å². The zero-order valence-electron chi connectivity index (χ0n) is 22.0. The van der Waals surface area contributed by atoms with Gasteiger partial charge in [0.05, 0.1) is 22.6 Å². The minimum absolute atomic E-state index is 0.112. The summed E-state index contributed by atoms with van der Waals surface area (Å²) in [5, 5.41) is 16.6.